The molecule has 3 saturated carbocycles. The third-order valence-electron chi connectivity index (χ3n) is 11.0. The van der Waals surface area contributed by atoms with Crippen molar-refractivity contribution in [3.63, 3.8) is 0 Å². The van der Waals surface area contributed by atoms with E-state index >= 15 is 0 Å². The maximum atomic E-state index is 12.2. The van der Waals surface area contributed by atoms with E-state index in [0.717, 1.165) is 82.0 Å². The monoisotopic (exact) mass is 814 g/mol. The topological polar surface area (TPSA) is 122 Å². The van der Waals surface area contributed by atoms with E-state index in [9.17, 15) is 9.59 Å². The van der Waals surface area contributed by atoms with Crippen LogP contribution in [0, 0.1) is 10.8 Å². The van der Waals surface area contributed by atoms with Crippen LogP contribution in [0.15, 0.2) is 28.7 Å². The van der Waals surface area contributed by atoms with Crippen molar-refractivity contribution in [1.29, 1.82) is 0 Å². The molecule has 4 heterocycles. The molecule has 0 bridgehead atoms. The van der Waals surface area contributed by atoms with Crippen LogP contribution in [-0.2, 0) is 9.47 Å². The standard InChI is InChI=1S/C22H32N2O4.C19H27BrN2O4/c1-21(2,3)28-20(25)24-13-22(14-24)11-9-16(10-12-22)27-18-8-7-17(15-5-6-15)19(23-18)26-4;1-18(2,3)26-17(23)22-11-19(12-22)9-7-13(8-10-19)25-15-6-5-14(20)16(21-15)24-4/h7-8,15-16H,5-6,9-14H2,1-4H3;5-6,13H,7-12H2,1-4H3. The molecule has 2 spiro atoms. The van der Waals surface area contributed by atoms with Gasteiger partial charge in [-0.2, -0.15) is 9.97 Å². The largest absolute Gasteiger partial charge is 0.481 e. The normalized spacial score (nSPS) is 21.9. The van der Waals surface area contributed by atoms with E-state index in [2.05, 4.69) is 32.0 Å². The number of hydrogen-bond acceptors (Lipinski definition) is 10. The van der Waals surface area contributed by atoms with Crippen LogP contribution in [0.5, 0.6) is 23.5 Å². The summed E-state index contributed by atoms with van der Waals surface area (Å²) in [4.78, 5) is 36.9. The smallest absolute Gasteiger partial charge is 0.410 e. The van der Waals surface area contributed by atoms with Gasteiger partial charge in [-0.15, -0.1) is 0 Å². The van der Waals surface area contributed by atoms with Gasteiger partial charge in [-0.3, -0.25) is 0 Å². The summed E-state index contributed by atoms with van der Waals surface area (Å²) < 4.78 is 34.6. The molecule has 54 heavy (non-hydrogen) atoms. The van der Waals surface area contributed by atoms with Crippen LogP contribution >= 0.6 is 15.9 Å². The Balaban J connectivity index is 0.000000185. The van der Waals surface area contributed by atoms with E-state index < -0.39 is 11.2 Å². The van der Waals surface area contributed by atoms with Crippen LogP contribution < -0.4 is 18.9 Å². The Labute approximate surface area is 329 Å². The Kier molecular flexibility index (Phi) is 11.9. The van der Waals surface area contributed by atoms with Crippen molar-refractivity contribution < 1.29 is 38.0 Å². The number of amides is 2. The average molecular weight is 816 g/mol. The molecule has 298 valence electrons. The molecule has 2 aliphatic heterocycles. The molecule has 0 radical (unpaired) electrons. The lowest BCUT2D eigenvalue weighted by Crippen LogP contribution is -2.60. The van der Waals surface area contributed by atoms with Gasteiger partial charge in [0.2, 0.25) is 23.5 Å². The van der Waals surface area contributed by atoms with Crippen LogP contribution in [0.1, 0.15) is 117 Å². The van der Waals surface area contributed by atoms with Crippen LogP contribution in [0.3, 0.4) is 0 Å². The molecule has 13 heteroatoms. The van der Waals surface area contributed by atoms with E-state index in [1.807, 2.05) is 69.5 Å². The fraction of sp³-hybridized carbons (Fsp3) is 0.707. The number of carbonyl (C=O) groups is 2. The summed E-state index contributed by atoms with van der Waals surface area (Å²) in [6.07, 6.45) is 10.6. The van der Waals surface area contributed by atoms with Gasteiger partial charge in [-0.1, -0.05) is 0 Å². The number of likely N-dealkylation sites (tertiary alicyclic amines) is 2. The molecule has 2 aromatic rings. The zero-order valence-electron chi connectivity index (χ0n) is 33.4. The lowest BCUT2D eigenvalue weighted by Gasteiger charge is -2.52. The van der Waals surface area contributed by atoms with E-state index in [-0.39, 0.29) is 35.2 Å². The fourth-order valence-electron chi connectivity index (χ4n) is 8.04. The SMILES string of the molecule is COc1nc(OC2CCC3(CC2)CN(C(=O)OC(C)(C)C)C3)ccc1Br.COc1nc(OC2CCC3(CC2)CN(C(=O)OC(C)(C)C)C3)ccc1C1CC1. The number of ether oxygens (including phenoxy) is 6. The van der Waals surface area contributed by atoms with Gasteiger partial charge in [0.25, 0.3) is 0 Å². The molecule has 0 atom stereocenters. The predicted octanol–water partition coefficient (Wildman–Crippen LogP) is 8.94. The highest BCUT2D eigenvalue weighted by Gasteiger charge is 2.49. The maximum Gasteiger partial charge on any atom is 0.410 e. The number of methoxy groups -OCH3 is 2. The van der Waals surface area contributed by atoms with Crippen molar-refractivity contribution in [3.8, 4) is 23.5 Å². The lowest BCUT2D eigenvalue weighted by atomic mass is 9.68. The molecular weight excluding hydrogens is 756 g/mol. The number of rotatable bonds is 7. The van der Waals surface area contributed by atoms with Crippen LogP contribution in [-0.4, -0.2) is 95.8 Å². The van der Waals surface area contributed by atoms with Crippen molar-refractivity contribution >= 4 is 28.1 Å². The molecule has 2 aromatic heterocycles. The summed E-state index contributed by atoms with van der Waals surface area (Å²) in [6.45, 7) is 14.6. The maximum absolute atomic E-state index is 12.2. The van der Waals surface area contributed by atoms with Gasteiger partial charge in [-0.05, 0) is 140 Å². The third kappa shape index (κ3) is 10.2. The Bertz CT molecular complexity index is 1620. The zero-order chi connectivity index (χ0) is 38.9. The minimum atomic E-state index is -0.440. The molecule has 0 N–H and O–H groups in total. The number of aromatic nitrogens is 2. The van der Waals surface area contributed by atoms with Crippen molar-refractivity contribution in [2.45, 2.75) is 135 Å². The highest BCUT2D eigenvalue weighted by atomic mass is 79.9. The summed E-state index contributed by atoms with van der Waals surface area (Å²) in [5, 5.41) is 0. The van der Waals surface area contributed by atoms with Gasteiger partial charge in [0.15, 0.2) is 0 Å². The first-order valence-corrected chi connectivity index (χ1v) is 20.3. The average Bonchev–Trinajstić information content (AvgIpc) is 3.92. The molecule has 5 fully saturated rings. The highest BCUT2D eigenvalue weighted by Crippen LogP contribution is 2.47. The first-order chi connectivity index (χ1) is 25.5. The summed E-state index contributed by atoms with van der Waals surface area (Å²) in [5.41, 5.74) is 0.812. The molecule has 0 aromatic carbocycles. The minimum Gasteiger partial charge on any atom is -0.481 e. The van der Waals surface area contributed by atoms with E-state index in [0.29, 0.717) is 29.4 Å². The van der Waals surface area contributed by atoms with E-state index in [1.165, 1.54) is 18.4 Å². The third-order valence-corrected chi connectivity index (χ3v) is 11.6. The van der Waals surface area contributed by atoms with Gasteiger partial charge in [-0.25, -0.2) is 9.59 Å². The van der Waals surface area contributed by atoms with Crippen molar-refractivity contribution in [2.24, 2.45) is 10.8 Å². The summed E-state index contributed by atoms with van der Waals surface area (Å²) >= 11 is 3.40. The zero-order valence-corrected chi connectivity index (χ0v) is 35.0. The van der Waals surface area contributed by atoms with Gasteiger partial charge in [0.1, 0.15) is 23.4 Å². The van der Waals surface area contributed by atoms with Crippen LogP contribution in [0.25, 0.3) is 0 Å². The first kappa shape index (κ1) is 40.2. The van der Waals surface area contributed by atoms with Crippen LogP contribution in [0.2, 0.25) is 0 Å². The number of nitrogens with zero attached hydrogens (tertiary/aromatic N) is 4. The Morgan fingerprint density at radius 2 is 1.06 bits per heavy atom. The van der Waals surface area contributed by atoms with Gasteiger partial charge < -0.3 is 38.2 Å². The molecule has 5 aliphatic rings. The van der Waals surface area contributed by atoms with E-state index in [1.54, 1.807) is 14.2 Å². The van der Waals surface area contributed by atoms with Gasteiger partial charge in [0.05, 0.1) is 18.7 Å². The summed E-state index contributed by atoms with van der Waals surface area (Å²) in [7, 11) is 3.27. The number of hydrogen-bond donors (Lipinski definition) is 0. The van der Waals surface area contributed by atoms with Crippen molar-refractivity contribution in [1.82, 2.24) is 19.8 Å². The highest BCUT2D eigenvalue weighted by molar-refractivity contribution is 9.10. The molecule has 2 saturated heterocycles. The van der Waals surface area contributed by atoms with Crippen molar-refractivity contribution in [3.05, 3.63) is 34.3 Å². The Morgan fingerprint density at radius 1 is 0.648 bits per heavy atom. The number of halogens is 1. The first-order valence-electron chi connectivity index (χ1n) is 19.5. The summed E-state index contributed by atoms with van der Waals surface area (Å²) in [5.74, 6) is 3.10. The second-order valence-electron chi connectivity index (χ2n) is 18.0. The molecule has 3 aliphatic carbocycles. The number of carbonyl (C=O) groups excluding carboxylic acids is 2. The molecule has 0 unspecified atom stereocenters. The second-order valence-corrected chi connectivity index (χ2v) is 18.8. The van der Waals surface area contributed by atoms with Gasteiger partial charge in [0, 0.05) is 54.7 Å². The quantitative estimate of drug-likeness (QED) is 0.268. The molecular formula is C41H59BrN4O8. The number of pyridine rings is 2. The second kappa shape index (κ2) is 15.9. The minimum absolute atomic E-state index is 0.162. The van der Waals surface area contributed by atoms with Crippen LogP contribution in [0.4, 0.5) is 9.59 Å². The van der Waals surface area contributed by atoms with Crippen molar-refractivity contribution in [2.75, 3.05) is 40.4 Å². The lowest BCUT2D eigenvalue weighted by molar-refractivity contribution is -0.0614. The van der Waals surface area contributed by atoms with E-state index in [4.69, 9.17) is 28.4 Å². The molecule has 7 rings (SSSR count). The molecule has 12 nitrogen and oxygen atoms in total. The fourth-order valence-corrected chi connectivity index (χ4v) is 8.42. The predicted molar refractivity (Wildman–Crippen MR) is 208 cm³/mol. The molecule has 2 amide bonds. The van der Waals surface area contributed by atoms with Gasteiger partial charge >= 0.3 is 12.2 Å². The Hall–Kier alpha value is -3.48. The summed E-state index contributed by atoms with van der Waals surface area (Å²) in [6, 6.07) is 7.82. The Morgan fingerprint density at radius 3 is 1.44 bits per heavy atom.